The summed E-state index contributed by atoms with van der Waals surface area (Å²) in [5.41, 5.74) is 0.0461. The predicted octanol–water partition coefficient (Wildman–Crippen LogP) is 2.58. The fourth-order valence-corrected chi connectivity index (χ4v) is 7.39. The van der Waals surface area contributed by atoms with Crippen molar-refractivity contribution in [1.82, 2.24) is 15.3 Å². The lowest BCUT2D eigenvalue weighted by atomic mass is 9.54. The zero-order chi connectivity index (χ0) is 15.8. The largest absolute Gasteiger partial charge is 0.427 e. The summed E-state index contributed by atoms with van der Waals surface area (Å²) >= 11 is 0. The molecule has 128 valence electrons. The lowest BCUT2D eigenvalue weighted by Gasteiger charge is -2.56. The zero-order valence-electron chi connectivity index (χ0n) is 14.4. The number of hydrogen-bond acceptors (Lipinski definition) is 4. The highest BCUT2D eigenvalue weighted by atomic mass is 16.7. The number of hydrogen-bond donors (Lipinski definition) is 1. The van der Waals surface area contributed by atoms with E-state index >= 15 is 0 Å². The van der Waals surface area contributed by atoms with Crippen LogP contribution in [0.5, 0.6) is 0 Å². The molecule has 3 saturated heterocycles. The number of hydroxylamine groups is 2. The van der Waals surface area contributed by atoms with Gasteiger partial charge >= 0.3 is 6.09 Å². The third kappa shape index (κ3) is 1.63. The number of nitrogens with one attached hydrogen (secondary N) is 1. The van der Waals surface area contributed by atoms with Crippen molar-refractivity contribution in [2.75, 3.05) is 20.1 Å². The van der Waals surface area contributed by atoms with E-state index in [9.17, 15) is 4.79 Å². The molecule has 5 nitrogen and oxygen atoms in total. The second-order valence-electron chi connectivity index (χ2n) is 8.93. The number of carbonyl (C=O) groups is 1. The summed E-state index contributed by atoms with van der Waals surface area (Å²) in [6.45, 7) is 4.75. The van der Waals surface area contributed by atoms with Crippen LogP contribution < -0.4 is 5.32 Å². The molecule has 2 saturated carbocycles. The van der Waals surface area contributed by atoms with Crippen LogP contribution in [-0.2, 0) is 4.84 Å². The van der Waals surface area contributed by atoms with Crippen LogP contribution in [0.4, 0.5) is 4.79 Å². The van der Waals surface area contributed by atoms with Gasteiger partial charge in [-0.05, 0) is 82.8 Å². The summed E-state index contributed by atoms with van der Waals surface area (Å²) in [7, 11) is 2.25. The summed E-state index contributed by atoms with van der Waals surface area (Å²) in [5.74, 6) is 2.14. The van der Waals surface area contributed by atoms with Crippen molar-refractivity contribution in [3.63, 3.8) is 0 Å². The van der Waals surface area contributed by atoms with E-state index in [-0.39, 0.29) is 17.2 Å². The molecule has 5 heteroatoms. The fraction of sp³-hybridized carbons (Fsp3) is 0.944. The quantitative estimate of drug-likeness (QED) is 0.745. The third-order valence-electron chi connectivity index (χ3n) is 7.83. The van der Waals surface area contributed by atoms with E-state index in [0.717, 1.165) is 12.3 Å². The Balaban J connectivity index is 1.61. The van der Waals surface area contributed by atoms with Crippen molar-refractivity contribution < 1.29 is 9.63 Å². The van der Waals surface area contributed by atoms with Crippen LogP contribution in [0.15, 0.2) is 0 Å². The van der Waals surface area contributed by atoms with Gasteiger partial charge in [-0.2, -0.15) is 0 Å². The minimum absolute atomic E-state index is 0.205. The Morgan fingerprint density at radius 1 is 1.26 bits per heavy atom. The molecule has 5 rings (SSSR count). The van der Waals surface area contributed by atoms with Gasteiger partial charge in [-0.15, -0.1) is 5.06 Å². The SMILES string of the molecule is C[C@@H]1C[C@H]2C[C@@H]3[C@@H]4CCCN(C)CCC[C@]24[C@@]2(C1)NC(=O)ON32. The number of carbonyl (C=O) groups excluding carboxylic acids is 1. The van der Waals surface area contributed by atoms with Gasteiger partial charge in [0.1, 0.15) is 5.66 Å². The lowest BCUT2D eigenvalue weighted by Crippen LogP contribution is -2.67. The van der Waals surface area contributed by atoms with Crippen molar-refractivity contribution in [1.29, 1.82) is 0 Å². The Morgan fingerprint density at radius 3 is 2.96 bits per heavy atom. The molecule has 0 aromatic heterocycles. The van der Waals surface area contributed by atoms with Gasteiger partial charge in [0, 0.05) is 5.41 Å². The molecule has 5 aliphatic rings. The second-order valence-corrected chi connectivity index (χ2v) is 8.93. The molecule has 0 unspecified atom stereocenters. The van der Waals surface area contributed by atoms with Crippen LogP contribution in [0.2, 0.25) is 0 Å². The Bertz CT molecular complexity index is 540. The summed E-state index contributed by atoms with van der Waals surface area (Å²) in [6.07, 6.45) is 8.50. The average molecular weight is 319 g/mol. The van der Waals surface area contributed by atoms with E-state index in [2.05, 4.69) is 29.3 Å². The molecule has 0 radical (unpaired) electrons. The lowest BCUT2D eigenvalue weighted by molar-refractivity contribution is -0.211. The second kappa shape index (κ2) is 4.63. The molecule has 0 aromatic carbocycles. The Kier molecular flexibility index (Phi) is 2.92. The van der Waals surface area contributed by atoms with Gasteiger partial charge < -0.3 is 9.74 Å². The minimum atomic E-state index is -0.209. The maximum absolute atomic E-state index is 12.1. The van der Waals surface area contributed by atoms with Crippen LogP contribution in [0, 0.1) is 23.2 Å². The van der Waals surface area contributed by atoms with Gasteiger partial charge in [0.15, 0.2) is 0 Å². The minimum Gasteiger partial charge on any atom is -0.348 e. The average Bonchev–Trinajstić information content (AvgIpc) is 3.03. The maximum Gasteiger partial charge on any atom is 0.427 e. The molecule has 23 heavy (non-hydrogen) atoms. The Hall–Kier alpha value is -0.810. The van der Waals surface area contributed by atoms with Crippen LogP contribution in [-0.4, -0.2) is 47.9 Å². The van der Waals surface area contributed by atoms with Crippen LogP contribution in [0.1, 0.15) is 51.9 Å². The van der Waals surface area contributed by atoms with E-state index in [1.165, 1.54) is 51.6 Å². The molecule has 1 N–H and O–H groups in total. The standard InChI is InChI=1S/C18H29N3O2/c1-12-9-13-10-15-14-5-3-7-20(2)8-4-6-17(13,14)18(11-12)19-16(22)23-21(15)18/h12-15H,3-11H2,1-2H3,(H,19,22)/t12-,13+,14+,15-,17+,18+/m1/s1. The monoisotopic (exact) mass is 319 g/mol. The Morgan fingerprint density at radius 2 is 2.09 bits per heavy atom. The van der Waals surface area contributed by atoms with E-state index < -0.39 is 0 Å². The van der Waals surface area contributed by atoms with E-state index in [0.29, 0.717) is 17.9 Å². The van der Waals surface area contributed by atoms with Crippen molar-refractivity contribution in [2.24, 2.45) is 23.2 Å². The molecule has 3 heterocycles. The van der Waals surface area contributed by atoms with Crippen LogP contribution in [0.25, 0.3) is 0 Å². The fourth-order valence-electron chi connectivity index (χ4n) is 7.39. The van der Waals surface area contributed by atoms with Crippen molar-refractivity contribution in [3.8, 4) is 0 Å². The first kappa shape index (κ1) is 14.5. The topological polar surface area (TPSA) is 44.8 Å². The molecule has 6 atom stereocenters. The summed E-state index contributed by atoms with van der Waals surface area (Å²) in [5, 5.41) is 5.49. The number of fused-ring (bicyclic) bond motifs is 1. The molecule has 2 spiro atoms. The number of rotatable bonds is 0. The first-order valence-corrected chi connectivity index (χ1v) is 9.55. The molecule has 2 bridgehead atoms. The number of amides is 1. The molecule has 3 aliphatic heterocycles. The first-order valence-electron chi connectivity index (χ1n) is 9.55. The van der Waals surface area contributed by atoms with Gasteiger partial charge in [0.25, 0.3) is 0 Å². The zero-order valence-corrected chi connectivity index (χ0v) is 14.4. The Labute approximate surface area is 138 Å². The molecule has 2 aliphatic carbocycles. The highest BCUT2D eigenvalue weighted by Gasteiger charge is 2.79. The van der Waals surface area contributed by atoms with Crippen molar-refractivity contribution in [2.45, 2.75) is 63.6 Å². The normalized spacial score (nSPS) is 52.9. The van der Waals surface area contributed by atoms with Gasteiger partial charge in [-0.3, -0.25) is 5.32 Å². The number of nitrogens with zero attached hydrogens (tertiary/aromatic N) is 2. The molecule has 0 aromatic rings. The van der Waals surface area contributed by atoms with E-state index in [1.807, 2.05) is 0 Å². The summed E-state index contributed by atoms with van der Waals surface area (Å²) < 4.78 is 0. The molecular formula is C18H29N3O2. The summed E-state index contributed by atoms with van der Waals surface area (Å²) in [6, 6.07) is 0.454. The highest BCUT2D eigenvalue weighted by molar-refractivity contribution is 5.71. The van der Waals surface area contributed by atoms with Crippen molar-refractivity contribution >= 4 is 6.09 Å². The predicted molar refractivity (Wildman–Crippen MR) is 86.4 cm³/mol. The number of piperidine rings is 1. The third-order valence-corrected chi connectivity index (χ3v) is 7.83. The maximum atomic E-state index is 12.1. The van der Waals surface area contributed by atoms with Gasteiger partial charge in [-0.1, -0.05) is 6.92 Å². The first-order chi connectivity index (χ1) is 11.1. The molecule has 1 amide bonds. The van der Waals surface area contributed by atoms with E-state index in [4.69, 9.17) is 4.84 Å². The highest BCUT2D eigenvalue weighted by Crippen LogP contribution is 2.72. The van der Waals surface area contributed by atoms with Gasteiger partial charge in [-0.25, -0.2) is 4.79 Å². The van der Waals surface area contributed by atoms with Gasteiger partial charge in [0.05, 0.1) is 6.04 Å². The smallest absolute Gasteiger partial charge is 0.348 e. The van der Waals surface area contributed by atoms with Crippen LogP contribution in [0.3, 0.4) is 0 Å². The molecular weight excluding hydrogens is 290 g/mol. The molecule has 5 fully saturated rings. The van der Waals surface area contributed by atoms with E-state index in [1.54, 1.807) is 0 Å². The summed E-state index contributed by atoms with van der Waals surface area (Å²) in [4.78, 5) is 20.4. The van der Waals surface area contributed by atoms with Gasteiger partial charge in [0.2, 0.25) is 0 Å². The van der Waals surface area contributed by atoms with Crippen LogP contribution >= 0.6 is 0 Å². The van der Waals surface area contributed by atoms with Crippen molar-refractivity contribution in [3.05, 3.63) is 0 Å².